The second-order valence-corrected chi connectivity index (χ2v) is 6.24. The molecule has 2 N–H and O–H groups in total. The molecular formula is C19H20N6O2. The zero-order valence-electron chi connectivity index (χ0n) is 15.3. The van der Waals surface area contributed by atoms with Crippen molar-refractivity contribution in [2.45, 2.75) is 19.9 Å². The third-order valence-corrected chi connectivity index (χ3v) is 3.97. The van der Waals surface area contributed by atoms with Gasteiger partial charge >= 0.3 is 0 Å². The predicted molar refractivity (Wildman–Crippen MR) is 101 cm³/mol. The average Bonchev–Trinajstić information content (AvgIpc) is 3.18. The van der Waals surface area contributed by atoms with Gasteiger partial charge in [-0.3, -0.25) is 9.59 Å². The number of carbonyl (C=O) groups is 2. The van der Waals surface area contributed by atoms with Gasteiger partial charge in [-0.2, -0.15) is 0 Å². The van der Waals surface area contributed by atoms with Crippen LogP contribution in [0.3, 0.4) is 0 Å². The van der Waals surface area contributed by atoms with E-state index in [4.69, 9.17) is 0 Å². The molecule has 8 nitrogen and oxygen atoms in total. The molecule has 1 aromatic heterocycles. The van der Waals surface area contributed by atoms with Gasteiger partial charge in [0.15, 0.2) is 5.82 Å². The molecule has 2 amide bonds. The van der Waals surface area contributed by atoms with Crippen molar-refractivity contribution >= 4 is 17.5 Å². The minimum Gasteiger partial charge on any atom is -0.355 e. The first-order valence-electron chi connectivity index (χ1n) is 8.51. The molecular weight excluding hydrogens is 344 g/mol. The van der Waals surface area contributed by atoms with E-state index < -0.39 is 0 Å². The topological polar surface area (TPSA) is 102 Å². The molecule has 3 aromatic rings. The Bertz CT molecular complexity index is 980. The zero-order valence-corrected chi connectivity index (χ0v) is 15.3. The van der Waals surface area contributed by atoms with Crippen LogP contribution in [0.5, 0.6) is 0 Å². The maximum absolute atomic E-state index is 12.6. The number of hydrogen-bond donors (Lipinski definition) is 2. The lowest BCUT2D eigenvalue weighted by molar-refractivity contribution is 0.0961. The van der Waals surface area contributed by atoms with Gasteiger partial charge in [0.1, 0.15) is 0 Å². The first kappa shape index (κ1) is 18.2. The Morgan fingerprint density at radius 1 is 1.00 bits per heavy atom. The Labute approximate surface area is 156 Å². The number of amides is 2. The summed E-state index contributed by atoms with van der Waals surface area (Å²) in [6.07, 6.45) is 0. The van der Waals surface area contributed by atoms with Gasteiger partial charge < -0.3 is 10.6 Å². The summed E-state index contributed by atoms with van der Waals surface area (Å²) in [7, 11) is 1.56. The van der Waals surface area contributed by atoms with Crippen LogP contribution >= 0.6 is 0 Å². The maximum Gasteiger partial charge on any atom is 0.255 e. The van der Waals surface area contributed by atoms with Crippen molar-refractivity contribution in [3.8, 4) is 11.4 Å². The van der Waals surface area contributed by atoms with Gasteiger partial charge in [-0.05, 0) is 54.6 Å². The second kappa shape index (κ2) is 7.77. The van der Waals surface area contributed by atoms with Gasteiger partial charge in [-0.15, -0.1) is 5.10 Å². The molecule has 8 heteroatoms. The first-order chi connectivity index (χ1) is 13.0. The van der Waals surface area contributed by atoms with Crippen molar-refractivity contribution in [3.05, 3.63) is 59.7 Å². The van der Waals surface area contributed by atoms with Crippen LogP contribution in [0.2, 0.25) is 0 Å². The molecule has 3 rings (SSSR count). The number of nitrogens with one attached hydrogen (secondary N) is 2. The Balaban J connectivity index is 1.84. The lowest BCUT2D eigenvalue weighted by Gasteiger charge is -2.10. The van der Waals surface area contributed by atoms with Crippen LogP contribution in [0, 0.1) is 0 Å². The maximum atomic E-state index is 12.6. The lowest BCUT2D eigenvalue weighted by Crippen LogP contribution is -2.18. The summed E-state index contributed by atoms with van der Waals surface area (Å²) in [5, 5.41) is 17.1. The van der Waals surface area contributed by atoms with E-state index in [0.717, 1.165) is 5.56 Å². The summed E-state index contributed by atoms with van der Waals surface area (Å²) in [6, 6.07) is 13.9. The van der Waals surface area contributed by atoms with E-state index in [0.29, 0.717) is 22.6 Å². The molecule has 0 radical (unpaired) electrons. The highest BCUT2D eigenvalue weighted by Crippen LogP contribution is 2.21. The number of benzene rings is 2. The smallest absolute Gasteiger partial charge is 0.255 e. The van der Waals surface area contributed by atoms with E-state index in [9.17, 15) is 9.59 Å². The molecule has 0 unspecified atom stereocenters. The SMILES string of the molecule is CNC(=O)c1cccc(NC(=O)c2cccc(-c3nnnn3C(C)C)c2)c1. The molecule has 2 aromatic carbocycles. The molecule has 0 aliphatic rings. The summed E-state index contributed by atoms with van der Waals surface area (Å²) < 4.78 is 1.70. The molecule has 0 spiro atoms. The van der Waals surface area contributed by atoms with Crippen LogP contribution in [-0.2, 0) is 0 Å². The monoisotopic (exact) mass is 364 g/mol. The zero-order chi connectivity index (χ0) is 19.4. The Morgan fingerprint density at radius 3 is 2.41 bits per heavy atom. The average molecular weight is 364 g/mol. The van der Waals surface area contributed by atoms with Gasteiger partial charge in [0.25, 0.3) is 11.8 Å². The van der Waals surface area contributed by atoms with Crippen LogP contribution < -0.4 is 10.6 Å². The van der Waals surface area contributed by atoms with E-state index in [-0.39, 0.29) is 17.9 Å². The third-order valence-electron chi connectivity index (χ3n) is 3.97. The number of anilines is 1. The van der Waals surface area contributed by atoms with E-state index >= 15 is 0 Å². The van der Waals surface area contributed by atoms with Crippen LogP contribution in [0.1, 0.15) is 40.6 Å². The largest absolute Gasteiger partial charge is 0.355 e. The second-order valence-electron chi connectivity index (χ2n) is 6.24. The summed E-state index contributed by atoms with van der Waals surface area (Å²) in [6.45, 7) is 3.96. The van der Waals surface area contributed by atoms with Crippen molar-refractivity contribution < 1.29 is 9.59 Å². The van der Waals surface area contributed by atoms with Gasteiger partial charge in [0.2, 0.25) is 0 Å². The molecule has 0 fully saturated rings. The van der Waals surface area contributed by atoms with Crippen molar-refractivity contribution in [1.29, 1.82) is 0 Å². The summed E-state index contributed by atoms with van der Waals surface area (Å²) in [5.74, 6) is 0.101. The summed E-state index contributed by atoms with van der Waals surface area (Å²) in [5.41, 5.74) is 2.23. The normalized spacial score (nSPS) is 10.7. The van der Waals surface area contributed by atoms with Gasteiger partial charge in [-0.25, -0.2) is 4.68 Å². The number of rotatable bonds is 5. The van der Waals surface area contributed by atoms with Crippen LogP contribution in [-0.4, -0.2) is 39.1 Å². The highest BCUT2D eigenvalue weighted by Gasteiger charge is 2.14. The standard InChI is InChI=1S/C19H20N6O2/c1-12(2)25-17(22-23-24-25)13-6-4-7-14(10-13)19(27)21-16-9-5-8-15(11-16)18(26)20-3/h4-12H,1-3H3,(H,20,26)(H,21,27). The van der Waals surface area contributed by atoms with Gasteiger partial charge in [0.05, 0.1) is 6.04 Å². The molecule has 1 heterocycles. The fourth-order valence-electron chi connectivity index (χ4n) is 2.62. The van der Waals surface area contributed by atoms with Crippen molar-refractivity contribution in [2.75, 3.05) is 12.4 Å². The van der Waals surface area contributed by atoms with Crippen LogP contribution in [0.15, 0.2) is 48.5 Å². The summed E-state index contributed by atoms with van der Waals surface area (Å²) in [4.78, 5) is 24.4. The van der Waals surface area contributed by atoms with E-state index in [1.165, 1.54) is 0 Å². The molecule has 0 saturated carbocycles. The lowest BCUT2D eigenvalue weighted by atomic mass is 10.1. The molecule has 0 aliphatic heterocycles. The van der Waals surface area contributed by atoms with Crippen molar-refractivity contribution in [3.63, 3.8) is 0 Å². The van der Waals surface area contributed by atoms with E-state index in [2.05, 4.69) is 26.2 Å². The highest BCUT2D eigenvalue weighted by molar-refractivity contribution is 6.05. The van der Waals surface area contributed by atoms with E-state index in [1.807, 2.05) is 19.9 Å². The van der Waals surface area contributed by atoms with Crippen LogP contribution in [0.25, 0.3) is 11.4 Å². The Kier molecular flexibility index (Phi) is 5.25. The van der Waals surface area contributed by atoms with Crippen molar-refractivity contribution in [1.82, 2.24) is 25.5 Å². The molecule has 0 saturated heterocycles. The Morgan fingerprint density at radius 2 is 1.70 bits per heavy atom. The predicted octanol–water partition coefficient (Wildman–Crippen LogP) is 2.53. The number of carbonyl (C=O) groups excluding carboxylic acids is 2. The molecule has 0 atom stereocenters. The molecule has 0 aliphatic carbocycles. The quantitative estimate of drug-likeness (QED) is 0.724. The number of hydrogen-bond acceptors (Lipinski definition) is 5. The van der Waals surface area contributed by atoms with Gasteiger partial charge in [-0.1, -0.05) is 18.2 Å². The molecule has 138 valence electrons. The number of tetrazole rings is 1. The third kappa shape index (κ3) is 4.00. The fourth-order valence-corrected chi connectivity index (χ4v) is 2.62. The Hall–Kier alpha value is -3.55. The number of aromatic nitrogens is 4. The minimum atomic E-state index is -0.283. The van der Waals surface area contributed by atoms with Crippen molar-refractivity contribution in [2.24, 2.45) is 0 Å². The molecule has 27 heavy (non-hydrogen) atoms. The minimum absolute atomic E-state index is 0.0972. The first-order valence-corrected chi connectivity index (χ1v) is 8.51. The van der Waals surface area contributed by atoms with Crippen LogP contribution in [0.4, 0.5) is 5.69 Å². The number of nitrogens with zero attached hydrogens (tertiary/aromatic N) is 4. The highest BCUT2D eigenvalue weighted by atomic mass is 16.2. The fraction of sp³-hybridized carbons (Fsp3) is 0.211. The molecule has 0 bridgehead atoms. The summed E-state index contributed by atoms with van der Waals surface area (Å²) >= 11 is 0. The van der Waals surface area contributed by atoms with E-state index in [1.54, 1.807) is 54.2 Å². The van der Waals surface area contributed by atoms with Gasteiger partial charge in [0, 0.05) is 29.4 Å².